The van der Waals surface area contributed by atoms with Gasteiger partial charge in [-0.2, -0.15) is 0 Å². The molecule has 1 aromatic carbocycles. The van der Waals surface area contributed by atoms with Gasteiger partial charge in [0.05, 0.1) is 7.11 Å². The monoisotopic (exact) mass is 249 g/mol. The van der Waals surface area contributed by atoms with Gasteiger partial charge >= 0.3 is 11.9 Å². The molecule has 1 aromatic rings. The number of benzene rings is 1. The van der Waals surface area contributed by atoms with Crippen molar-refractivity contribution in [2.75, 3.05) is 7.11 Å². The number of methoxy groups -OCH3 is 1. The fourth-order valence-corrected chi connectivity index (χ4v) is 1.44. The van der Waals surface area contributed by atoms with Crippen molar-refractivity contribution in [3.63, 3.8) is 0 Å². The number of nitrogens with one attached hydrogen (secondary N) is 1. The Morgan fingerprint density at radius 3 is 2.44 bits per heavy atom. The van der Waals surface area contributed by atoms with Crippen LogP contribution in [0.5, 0.6) is 0 Å². The number of carboxylic acid groups (broad SMARTS) is 1. The predicted molar refractivity (Wildman–Crippen MR) is 65.7 cm³/mol. The van der Waals surface area contributed by atoms with Gasteiger partial charge in [0.2, 0.25) is 0 Å². The quantitative estimate of drug-likeness (QED) is 0.610. The van der Waals surface area contributed by atoms with E-state index in [1.165, 1.54) is 13.2 Å². The maximum absolute atomic E-state index is 11.2. The lowest BCUT2D eigenvalue weighted by atomic mass is 10.1. The molecule has 0 radical (unpaired) electrons. The molecule has 0 spiro atoms. The lowest BCUT2D eigenvalue weighted by Crippen LogP contribution is -2.27. The molecule has 0 aliphatic rings. The van der Waals surface area contributed by atoms with Crippen LogP contribution in [0.3, 0.4) is 0 Å². The molecule has 0 fully saturated rings. The number of aliphatic carboxylic acids is 1. The minimum Gasteiger partial charge on any atom is -0.479 e. The maximum atomic E-state index is 11.2. The number of ether oxygens (including phenoxy) is 1. The van der Waals surface area contributed by atoms with Crippen LogP contribution in [0.2, 0.25) is 0 Å². The lowest BCUT2D eigenvalue weighted by molar-refractivity contribution is -0.139. The molecule has 0 aliphatic heterocycles. The van der Waals surface area contributed by atoms with E-state index in [0.29, 0.717) is 11.3 Å². The molecular formula is C13H15NO4. The van der Waals surface area contributed by atoms with Crippen molar-refractivity contribution in [1.82, 2.24) is 5.32 Å². The Morgan fingerprint density at radius 2 is 1.94 bits per heavy atom. The zero-order chi connectivity index (χ0) is 13.5. The van der Waals surface area contributed by atoms with Crippen molar-refractivity contribution in [3.05, 3.63) is 47.7 Å². The van der Waals surface area contributed by atoms with Crippen molar-refractivity contribution in [1.29, 1.82) is 0 Å². The molecule has 1 atom stereocenters. The molecule has 5 heteroatoms. The standard InChI is InChI=1S/C13H15NO4/c1-9(8-11(15)18-2)14-12(13(16)17)10-6-4-3-5-7-10/h3-8,12,14H,1-2H3,(H,16,17)/b9-8-/t12-/m1/s1. The van der Waals surface area contributed by atoms with Crippen LogP contribution in [-0.4, -0.2) is 24.2 Å². The number of carboxylic acids is 1. The molecule has 0 heterocycles. The molecule has 0 amide bonds. The van der Waals surface area contributed by atoms with Crippen LogP contribution in [0, 0.1) is 0 Å². The second-order valence-electron chi connectivity index (χ2n) is 3.68. The summed E-state index contributed by atoms with van der Waals surface area (Å²) in [6.45, 7) is 1.61. The van der Waals surface area contributed by atoms with E-state index < -0.39 is 18.0 Å². The normalized spacial score (nSPS) is 12.7. The van der Waals surface area contributed by atoms with E-state index in [-0.39, 0.29) is 0 Å². The summed E-state index contributed by atoms with van der Waals surface area (Å²) in [6, 6.07) is 7.83. The van der Waals surface area contributed by atoms with E-state index in [4.69, 9.17) is 5.11 Å². The van der Waals surface area contributed by atoms with Gasteiger partial charge in [0, 0.05) is 11.8 Å². The molecule has 18 heavy (non-hydrogen) atoms. The van der Waals surface area contributed by atoms with Gasteiger partial charge in [-0.3, -0.25) is 0 Å². The molecule has 0 aromatic heterocycles. The molecule has 0 saturated carbocycles. The van der Waals surface area contributed by atoms with E-state index in [2.05, 4.69) is 10.1 Å². The molecule has 0 saturated heterocycles. The second kappa shape index (κ2) is 6.44. The van der Waals surface area contributed by atoms with Crippen molar-refractivity contribution in [2.45, 2.75) is 13.0 Å². The largest absolute Gasteiger partial charge is 0.479 e. The van der Waals surface area contributed by atoms with Gasteiger partial charge in [0.1, 0.15) is 6.04 Å². The van der Waals surface area contributed by atoms with Crippen molar-refractivity contribution in [3.8, 4) is 0 Å². The number of hydrogen-bond donors (Lipinski definition) is 2. The molecule has 0 unspecified atom stereocenters. The van der Waals surface area contributed by atoms with Gasteiger partial charge in [-0.05, 0) is 12.5 Å². The van der Waals surface area contributed by atoms with Crippen LogP contribution < -0.4 is 5.32 Å². The summed E-state index contributed by atoms with van der Waals surface area (Å²) in [4.78, 5) is 22.2. The van der Waals surface area contributed by atoms with Crippen molar-refractivity contribution >= 4 is 11.9 Å². The van der Waals surface area contributed by atoms with Gasteiger partial charge in [-0.25, -0.2) is 9.59 Å². The van der Waals surface area contributed by atoms with Crippen LogP contribution in [0.15, 0.2) is 42.1 Å². The summed E-state index contributed by atoms with van der Waals surface area (Å²) in [5, 5.41) is 11.9. The highest BCUT2D eigenvalue weighted by atomic mass is 16.5. The van der Waals surface area contributed by atoms with E-state index in [1.807, 2.05) is 0 Å². The topological polar surface area (TPSA) is 75.6 Å². The third-order valence-corrected chi connectivity index (χ3v) is 2.29. The van der Waals surface area contributed by atoms with Gasteiger partial charge in [-0.15, -0.1) is 0 Å². The average Bonchev–Trinajstić information content (AvgIpc) is 2.36. The fraction of sp³-hybridized carbons (Fsp3) is 0.231. The van der Waals surface area contributed by atoms with Crippen molar-refractivity contribution < 1.29 is 19.4 Å². The highest BCUT2D eigenvalue weighted by Gasteiger charge is 2.19. The first-order valence-electron chi connectivity index (χ1n) is 5.35. The number of carbonyl (C=O) groups excluding carboxylic acids is 1. The smallest absolute Gasteiger partial charge is 0.332 e. The highest BCUT2D eigenvalue weighted by Crippen LogP contribution is 2.14. The molecular weight excluding hydrogens is 234 g/mol. The van der Waals surface area contributed by atoms with E-state index in [9.17, 15) is 9.59 Å². The zero-order valence-corrected chi connectivity index (χ0v) is 10.2. The Bertz CT molecular complexity index is 453. The summed E-state index contributed by atoms with van der Waals surface area (Å²) >= 11 is 0. The summed E-state index contributed by atoms with van der Waals surface area (Å²) in [5.74, 6) is -1.55. The van der Waals surface area contributed by atoms with Gasteiger partial charge in [0.25, 0.3) is 0 Å². The van der Waals surface area contributed by atoms with Crippen LogP contribution >= 0.6 is 0 Å². The van der Waals surface area contributed by atoms with Gasteiger partial charge < -0.3 is 15.2 Å². The molecule has 0 aliphatic carbocycles. The van der Waals surface area contributed by atoms with E-state index in [0.717, 1.165) is 0 Å². The first-order chi connectivity index (χ1) is 8.54. The predicted octanol–water partition coefficient (Wildman–Crippen LogP) is 1.48. The summed E-state index contributed by atoms with van der Waals surface area (Å²) in [6.07, 6.45) is 1.21. The second-order valence-corrected chi connectivity index (χ2v) is 3.68. The summed E-state index contributed by atoms with van der Waals surface area (Å²) < 4.78 is 4.47. The Kier molecular flexibility index (Phi) is 4.92. The number of carbonyl (C=O) groups is 2. The number of allylic oxidation sites excluding steroid dienone is 1. The Labute approximate surface area is 105 Å². The highest BCUT2D eigenvalue weighted by molar-refractivity contribution is 5.83. The van der Waals surface area contributed by atoms with E-state index in [1.54, 1.807) is 37.3 Å². The fourth-order valence-electron chi connectivity index (χ4n) is 1.44. The lowest BCUT2D eigenvalue weighted by Gasteiger charge is -2.16. The zero-order valence-electron chi connectivity index (χ0n) is 10.2. The Balaban J connectivity index is 2.86. The molecule has 5 nitrogen and oxygen atoms in total. The van der Waals surface area contributed by atoms with Gasteiger partial charge in [-0.1, -0.05) is 30.3 Å². The minimum atomic E-state index is -1.01. The third-order valence-electron chi connectivity index (χ3n) is 2.29. The number of esters is 1. The summed E-state index contributed by atoms with van der Waals surface area (Å²) in [5.41, 5.74) is 1.04. The van der Waals surface area contributed by atoms with Crippen LogP contribution in [-0.2, 0) is 14.3 Å². The summed E-state index contributed by atoms with van der Waals surface area (Å²) in [7, 11) is 1.26. The Morgan fingerprint density at radius 1 is 1.33 bits per heavy atom. The minimum absolute atomic E-state index is 0.429. The van der Waals surface area contributed by atoms with Crippen molar-refractivity contribution in [2.24, 2.45) is 0 Å². The van der Waals surface area contributed by atoms with E-state index >= 15 is 0 Å². The number of rotatable bonds is 5. The van der Waals surface area contributed by atoms with Crippen LogP contribution in [0.4, 0.5) is 0 Å². The first kappa shape index (κ1) is 13.8. The third kappa shape index (κ3) is 3.93. The molecule has 0 bridgehead atoms. The first-order valence-corrected chi connectivity index (χ1v) is 5.35. The SMILES string of the molecule is COC(=O)/C=C(/C)N[C@@H](C(=O)O)c1ccccc1. The maximum Gasteiger partial charge on any atom is 0.332 e. The molecule has 96 valence electrons. The molecule has 1 rings (SSSR count). The Hall–Kier alpha value is -2.30. The van der Waals surface area contributed by atoms with Crippen LogP contribution in [0.1, 0.15) is 18.5 Å². The average molecular weight is 249 g/mol. The van der Waals surface area contributed by atoms with Gasteiger partial charge in [0.15, 0.2) is 0 Å². The number of hydrogen-bond acceptors (Lipinski definition) is 4. The van der Waals surface area contributed by atoms with Crippen LogP contribution in [0.25, 0.3) is 0 Å². The molecule has 2 N–H and O–H groups in total.